The lowest BCUT2D eigenvalue weighted by molar-refractivity contribution is -0.130. The van der Waals surface area contributed by atoms with Crippen molar-refractivity contribution >= 4 is 12.0 Å². The van der Waals surface area contributed by atoms with Crippen LogP contribution < -0.4 is 5.32 Å². The summed E-state index contributed by atoms with van der Waals surface area (Å²) >= 11 is 0. The molecule has 2 aliphatic heterocycles. The summed E-state index contributed by atoms with van der Waals surface area (Å²) in [4.78, 5) is 29.2. The van der Waals surface area contributed by atoms with Crippen molar-refractivity contribution in [3.05, 3.63) is 0 Å². The molecule has 1 N–H and O–H groups in total. The molecule has 0 radical (unpaired) electrons. The van der Waals surface area contributed by atoms with Crippen molar-refractivity contribution in [2.45, 2.75) is 58.3 Å². The molecule has 0 saturated carbocycles. The van der Waals surface area contributed by atoms with E-state index in [0.717, 1.165) is 45.7 Å². The highest BCUT2D eigenvalue weighted by atomic mass is 16.6. The number of hydrogen-bond donors (Lipinski definition) is 1. The maximum Gasteiger partial charge on any atom is 0.410 e. The number of nitrogens with one attached hydrogen (secondary N) is 1. The zero-order valence-corrected chi connectivity index (χ0v) is 18.0. The number of rotatable bonds is 7. The molecule has 0 aromatic carbocycles. The molecule has 2 rings (SSSR count). The lowest BCUT2D eigenvalue weighted by Crippen LogP contribution is -2.51. The molecule has 0 bridgehead atoms. The van der Waals surface area contributed by atoms with Crippen LogP contribution >= 0.6 is 0 Å². The van der Waals surface area contributed by atoms with Gasteiger partial charge in [0, 0.05) is 39.8 Å². The number of carbonyl (C=O) groups is 2. The van der Waals surface area contributed by atoms with Crippen LogP contribution in [0.2, 0.25) is 0 Å². The molecule has 2 amide bonds. The van der Waals surface area contributed by atoms with Crippen molar-refractivity contribution in [1.29, 1.82) is 0 Å². The van der Waals surface area contributed by atoms with Gasteiger partial charge in [-0.2, -0.15) is 0 Å². The summed E-state index contributed by atoms with van der Waals surface area (Å²) in [5.74, 6) is -0.404. The minimum Gasteiger partial charge on any atom is -0.444 e. The molecule has 28 heavy (non-hydrogen) atoms. The molecule has 2 aliphatic rings. The first-order valence-corrected chi connectivity index (χ1v) is 10.3. The first kappa shape index (κ1) is 22.9. The number of ether oxygens (including phenoxy) is 3. The van der Waals surface area contributed by atoms with Crippen molar-refractivity contribution in [2.75, 3.05) is 53.0 Å². The van der Waals surface area contributed by atoms with Gasteiger partial charge in [0.1, 0.15) is 5.60 Å². The van der Waals surface area contributed by atoms with Gasteiger partial charge in [0.25, 0.3) is 0 Å². The van der Waals surface area contributed by atoms with E-state index in [1.807, 2.05) is 27.7 Å². The largest absolute Gasteiger partial charge is 0.444 e. The molecule has 2 saturated heterocycles. The predicted octanol–water partition coefficient (Wildman–Crippen LogP) is 1.49. The molecule has 0 aliphatic carbocycles. The number of carbonyl (C=O) groups excluding carboxylic acids is 2. The van der Waals surface area contributed by atoms with Crippen LogP contribution in [0.5, 0.6) is 0 Å². The van der Waals surface area contributed by atoms with E-state index >= 15 is 0 Å². The highest BCUT2D eigenvalue weighted by Gasteiger charge is 2.41. The number of morpholine rings is 1. The van der Waals surface area contributed by atoms with Crippen molar-refractivity contribution in [1.82, 2.24) is 15.1 Å². The van der Waals surface area contributed by atoms with E-state index < -0.39 is 5.60 Å². The second-order valence-corrected chi connectivity index (χ2v) is 8.62. The minimum atomic E-state index is -0.546. The van der Waals surface area contributed by atoms with E-state index in [1.165, 1.54) is 0 Å². The van der Waals surface area contributed by atoms with Crippen LogP contribution in [0.4, 0.5) is 4.79 Å². The Hall–Kier alpha value is -1.38. The van der Waals surface area contributed by atoms with Gasteiger partial charge in [-0.25, -0.2) is 4.79 Å². The summed E-state index contributed by atoms with van der Waals surface area (Å²) in [5.41, 5.74) is -0.546. The lowest BCUT2D eigenvalue weighted by atomic mass is 9.95. The molecule has 0 spiro atoms. The summed E-state index contributed by atoms with van der Waals surface area (Å²) in [5, 5.41) is 3.01. The standard InChI is InChI=1S/C20H37N3O5/c1-15(18(24)21-8-10-22-11-13-27-14-12-22)17(26-5)16-7-6-9-23(16)19(25)28-20(2,3)4/h15-17H,6-14H2,1-5H3,(H,21,24)/t15-,16+,17-/m1/s1. The third-order valence-electron chi connectivity index (χ3n) is 5.32. The first-order valence-electron chi connectivity index (χ1n) is 10.3. The normalized spacial score (nSPS) is 23.3. The first-order chi connectivity index (χ1) is 13.2. The molecular weight excluding hydrogens is 362 g/mol. The van der Waals surface area contributed by atoms with Crippen LogP contribution in [-0.2, 0) is 19.0 Å². The van der Waals surface area contributed by atoms with E-state index in [-0.39, 0.29) is 30.1 Å². The molecule has 8 heteroatoms. The fourth-order valence-corrected chi connectivity index (χ4v) is 3.85. The Kier molecular flexibility index (Phi) is 8.52. The number of amides is 2. The molecular formula is C20H37N3O5. The smallest absolute Gasteiger partial charge is 0.410 e. The van der Waals surface area contributed by atoms with Gasteiger partial charge in [-0.05, 0) is 33.6 Å². The van der Waals surface area contributed by atoms with Gasteiger partial charge < -0.3 is 24.4 Å². The average Bonchev–Trinajstić information content (AvgIpc) is 3.11. The summed E-state index contributed by atoms with van der Waals surface area (Å²) in [7, 11) is 1.60. The van der Waals surface area contributed by atoms with Crippen LogP contribution in [0, 0.1) is 5.92 Å². The fourth-order valence-electron chi connectivity index (χ4n) is 3.85. The van der Waals surface area contributed by atoms with E-state index in [0.29, 0.717) is 13.1 Å². The molecule has 0 aromatic heterocycles. The zero-order valence-electron chi connectivity index (χ0n) is 18.0. The second-order valence-electron chi connectivity index (χ2n) is 8.62. The fraction of sp³-hybridized carbons (Fsp3) is 0.900. The maximum absolute atomic E-state index is 12.7. The monoisotopic (exact) mass is 399 g/mol. The van der Waals surface area contributed by atoms with Crippen LogP contribution in [0.25, 0.3) is 0 Å². The summed E-state index contributed by atoms with van der Waals surface area (Å²) in [6.45, 7) is 12.8. The summed E-state index contributed by atoms with van der Waals surface area (Å²) < 4.78 is 16.6. The number of nitrogens with zero attached hydrogens (tertiary/aromatic N) is 2. The highest BCUT2D eigenvalue weighted by molar-refractivity contribution is 5.79. The van der Waals surface area contributed by atoms with Crippen molar-refractivity contribution in [3.8, 4) is 0 Å². The SMILES string of the molecule is CO[C@H]([C@@H](C)C(=O)NCCN1CCOCC1)[C@@H]1CCCN1C(=O)OC(C)(C)C. The van der Waals surface area contributed by atoms with Crippen molar-refractivity contribution < 1.29 is 23.8 Å². The van der Waals surface area contributed by atoms with Crippen LogP contribution in [0.1, 0.15) is 40.5 Å². The number of hydrogen-bond acceptors (Lipinski definition) is 6. The van der Waals surface area contributed by atoms with E-state index in [1.54, 1.807) is 12.0 Å². The third kappa shape index (κ3) is 6.60. The molecule has 3 atom stereocenters. The van der Waals surface area contributed by atoms with Gasteiger partial charge in [0.05, 0.1) is 31.3 Å². The molecule has 8 nitrogen and oxygen atoms in total. The molecule has 0 aromatic rings. The quantitative estimate of drug-likeness (QED) is 0.699. The molecule has 2 fully saturated rings. The summed E-state index contributed by atoms with van der Waals surface area (Å²) in [6.07, 6.45) is 0.994. The van der Waals surface area contributed by atoms with Crippen molar-refractivity contribution in [2.24, 2.45) is 5.92 Å². The van der Waals surface area contributed by atoms with E-state index in [9.17, 15) is 9.59 Å². The Morgan fingerprint density at radius 2 is 1.89 bits per heavy atom. The molecule has 0 unspecified atom stereocenters. The van der Waals surface area contributed by atoms with Crippen molar-refractivity contribution in [3.63, 3.8) is 0 Å². The Morgan fingerprint density at radius 1 is 1.21 bits per heavy atom. The number of methoxy groups -OCH3 is 1. The van der Waals surface area contributed by atoms with Gasteiger partial charge in [0.15, 0.2) is 0 Å². The third-order valence-corrected chi connectivity index (χ3v) is 5.32. The average molecular weight is 400 g/mol. The van der Waals surface area contributed by atoms with Gasteiger partial charge >= 0.3 is 6.09 Å². The van der Waals surface area contributed by atoms with Gasteiger partial charge in [-0.3, -0.25) is 9.69 Å². The predicted molar refractivity (Wildman–Crippen MR) is 106 cm³/mol. The minimum absolute atomic E-state index is 0.0452. The Balaban J connectivity index is 1.88. The maximum atomic E-state index is 12.7. The Bertz CT molecular complexity index is 516. The zero-order chi connectivity index (χ0) is 20.7. The second kappa shape index (κ2) is 10.4. The molecule has 2 heterocycles. The van der Waals surface area contributed by atoms with E-state index in [4.69, 9.17) is 14.2 Å². The lowest BCUT2D eigenvalue weighted by Gasteiger charge is -2.35. The van der Waals surface area contributed by atoms with Gasteiger partial charge in [0.2, 0.25) is 5.91 Å². The summed E-state index contributed by atoms with van der Waals surface area (Å²) in [6, 6.07) is -0.153. The van der Waals surface area contributed by atoms with Crippen LogP contribution in [0.15, 0.2) is 0 Å². The van der Waals surface area contributed by atoms with Crippen LogP contribution in [0.3, 0.4) is 0 Å². The number of likely N-dealkylation sites (tertiary alicyclic amines) is 1. The van der Waals surface area contributed by atoms with Gasteiger partial charge in [-0.1, -0.05) is 6.92 Å². The molecule has 162 valence electrons. The Labute approximate surface area is 168 Å². The van der Waals surface area contributed by atoms with E-state index in [2.05, 4.69) is 10.2 Å². The Morgan fingerprint density at radius 3 is 2.50 bits per heavy atom. The topological polar surface area (TPSA) is 80.3 Å². The highest BCUT2D eigenvalue weighted by Crippen LogP contribution is 2.28. The van der Waals surface area contributed by atoms with Crippen LogP contribution in [-0.4, -0.2) is 92.6 Å². The van der Waals surface area contributed by atoms with Gasteiger partial charge in [-0.15, -0.1) is 0 Å².